The van der Waals surface area contributed by atoms with Gasteiger partial charge >= 0.3 is 0 Å². The van der Waals surface area contributed by atoms with Gasteiger partial charge in [0.25, 0.3) is 0 Å². The van der Waals surface area contributed by atoms with Crippen LogP contribution < -0.4 is 9.64 Å². The number of benzene rings is 2. The molecule has 3 heterocycles. The van der Waals surface area contributed by atoms with Gasteiger partial charge in [0.2, 0.25) is 0 Å². The zero-order valence-corrected chi connectivity index (χ0v) is 15.8. The van der Waals surface area contributed by atoms with Crippen molar-refractivity contribution < 1.29 is 14.2 Å². The molecule has 0 bridgehead atoms. The third-order valence-electron chi connectivity index (χ3n) is 5.57. The van der Waals surface area contributed by atoms with E-state index in [4.69, 9.17) is 19.2 Å². The van der Waals surface area contributed by atoms with Crippen molar-refractivity contribution >= 4 is 16.7 Å². The molecule has 0 radical (unpaired) electrons. The molecule has 2 aromatic carbocycles. The molecule has 0 atom stereocenters. The lowest BCUT2D eigenvalue weighted by Crippen LogP contribution is -2.45. The lowest BCUT2D eigenvalue weighted by molar-refractivity contribution is -0.169. The number of ether oxygens (including phenoxy) is 3. The van der Waals surface area contributed by atoms with Gasteiger partial charge in [-0.1, -0.05) is 42.5 Å². The second-order valence-electron chi connectivity index (χ2n) is 7.37. The summed E-state index contributed by atoms with van der Waals surface area (Å²) in [5.41, 5.74) is 2.05. The van der Waals surface area contributed by atoms with E-state index in [-0.39, 0.29) is 5.79 Å². The van der Waals surface area contributed by atoms with Crippen LogP contribution in [0.3, 0.4) is 0 Å². The molecule has 0 N–H and O–H groups in total. The minimum Gasteiger partial charge on any atom is -0.487 e. The predicted octanol–water partition coefficient (Wildman–Crippen LogP) is 4.16. The first-order chi connectivity index (χ1) is 13.8. The van der Waals surface area contributed by atoms with Crippen molar-refractivity contribution in [3.05, 3.63) is 66.2 Å². The van der Waals surface area contributed by atoms with Crippen molar-refractivity contribution in [3.8, 4) is 5.75 Å². The van der Waals surface area contributed by atoms with Crippen molar-refractivity contribution in [1.82, 2.24) is 4.98 Å². The van der Waals surface area contributed by atoms with Crippen LogP contribution in [-0.2, 0) is 16.1 Å². The number of piperidine rings is 1. The number of aromatic nitrogens is 1. The summed E-state index contributed by atoms with van der Waals surface area (Å²) in [7, 11) is 0. The minimum atomic E-state index is -0.364. The van der Waals surface area contributed by atoms with Crippen LogP contribution >= 0.6 is 0 Å². The van der Waals surface area contributed by atoms with E-state index in [9.17, 15) is 0 Å². The van der Waals surface area contributed by atoms with Crippen LogP contribution in [0.1, 0.15) is 18.4 Å². The smallest absolute Gasteiger partial charge is 0.171 e. The number of pyridine rings is 1. The third kappa shape index (κ3) is 3.43. The highest BCUT2D eigenvalue weighted by molar-refractivity contribution is 5.86. The molecule has 0 aliphatic carbocycles. The number of para-hydroxylation sites is 1. The van der Waals surface area contributed by atoms with E-state index in [0.29, 0.717) is 19.8 Å². The summed E-state index contributed by atoms with van der Waals surface area (Å²) in [6.45, 7) is 3.70. The highest BCUT2D eigenvalue weighted by Gasteiger charge is 2.40. The summed E-state index contributed by atoms with van der Waals surface area (Å²) < 4.78 is 17.8. The molecule has 3 aromatic rings. The molecule has 0 saturated carbocycles. The maximum absolute atomic E-state index is 6.10. The molecule has 5 nitrogen and oxygen atoms in total. The van der Waals surface area contributed by atoms with Crippen LogP contribution in [0.5, 0.6) is 5.75 Å². The van der Waals surface area contributed by atoms with Crippen molar-refractivity contribution in [2.45, 2.75) is 25.2 Å². The molecule has 144 valence electrons. The van der Waals surface area contributed by atoms with E-state index in [1.54, 1.807) is 0 Å². The van der Waals surface area contributed by atoms with Gasteiger partial charge in [0.15, 0.2) is 5.79 Å². The molecule has 1 spiro atoms. The maximum Gasteiger partial charge on any atom is 0.171 e. The summed E-state index contributed by atoms with van der Waals surface area (Å²) in [6, 6.07) is 20.5. The average molecular weight is 376 g/mol. The normalized spacial score (nSPS) is 18.6. The topological polar surface area (TPSA) is 43.8 Å². The number of anilines is 1. The summed E-state index contributed by atoms with van der Waals surface area (Å²) in [4.78, 5) is 7.25. The first kappa shape index (κ1) is 17.5. The van der Waals surface area contributed by atoms with Gasteiger partial charge in [0.1, 0.15) is 23.7 Å². The van der Waals surface area contributed by atoms with Gasteiger partial charge in [-0.25, -0.2) is 4.98 Å². The first-order valence-electron chi connectivity index (χ1n) is 9.91. The van der Waals surface area contributed by atoms with Gasteiger partial charge in [0, 0.05) is 31.3 Å². The van der Waals surface area contributed by atoms with E-state index < -0.39 is 0 Å². The first-order valence-corrected chi connectivity index (χ1v) is 9.91. The highest BCUT2D eigenvalue weighted by atomic mass is 16.7. The van der Waals surface area contributed by atoms with Gasteiger partial charge in [0.05, 0.1) is 13.2 Å². The standard InChI is InChI=1S/C23H24N2O3/c1-2-5-18(6-3-1)17-26-20-8-4-7-19-9-10-21(24-22(19)20)25-13-11-23(12-14-25)27-15-16-28-23/h1-10H,11-17H2. The Morgan fingerprint density at radius 1 is 0.893 bits per heavy atom. The molecule has 2 saturated heterocycles. The second-order valence-corrected chi connectivity index (χ2v) is 7.37. The van der Waals surface area contributed by atoms with E-state index in [1.165, 1.54) is 0 Å². The van der Waals surface area contributed by atoms with E-state index in [1.807, 2.05) is 30.3 Å². The largest absolute Gasteiger partial charge is 0.487 e. The minimum absolute atomic E-state index is 0.364. The molecule has 5 rings (SSSR count). The molecular formula is C23H24N2O3. The Labute approximate surface area is 164 Å². The number of nitrogens with zero attached hydrogens (tertiary/aromatic N) is 2. The van der Waals surface area contributed by atoms with Crippen LogP contribution in [0.4, 0.5) is 5.82 Å². The van der Waals surface area contributed by atoms with E-state index in [2.05, 4.69) is 35.2 Å². The molecule has 1 aromatic heterocycles. The summed E-state index contributed by atoms with van der Waals surface area (Å²) in [5.74, 6) is 1.44. The lowest BCUT2D eigenvalue weighted by atomic mass is 10.0. The van der Waals surface area contributed by atoms with Crippen LogP contribution in [0.15, 0.2) is 60.7 Å². The molecule has 5 heteroatoms. The monoisotopic (exact) mass is 376 g/mol. The fraction of sp³-hybridized carbons (Fsp3) is 0.348. The molecule has 28 heavy (non-hydrogen) atoms. The molecule has 0 amide bonds. The average Bonchev–Trinajstić information content (AvgIpc) is 3.21. The third-order valence-corrected chi connectivity index (χ3v) is 5.57. The number of rotatable bonds is 4. The van der Waals surface area contributed by atoms with Gasteiger partial charge in [-0.05, 0) is 23.8 Å². The fourth-order valence-electron chi connectivity index (χ4n) is 4.00. The highest BCUT2D eigenvalue weighted by Crippen LogP contribution is 2.34. The fourth-order valence-corrected chi connectivity index (χ4v) is 4.00. The van der Waals surface area contributed by atoms with Crippen molar-refractivity contribution in [3.63, 3.8) is 0 Å². The summed E-state index contributed by atoms with van der Waals surface area (Å²) >= 11 is 0. The van der Waals surface area contributed by atoms with Gasteiger partial charge < -0.3 is 19.1 Å². The molecular weight excluding hydrogens is 352 g/mol. The number of hydrogen-bond donors (Lipinski definition) is 0. The number of hydrogen-bond acceptors (Lipinski definition) is 5. The second kappa shape index (κ2) is 7.41. The number of fused-ring (bicyclic) bond motifs is 1. The summed E-state index contributed by atoms with van der Waals surface area (Å²) in [5, 5.41) is 1.09. The van der Waals surface area contributed by atoms with Crippen molar-refractivity contribution in [1.29, 1.82) is 0 Å². The Hall–Kier alpha value is -2.63. The van der Waals surface area contributed by atoms with Crippen LogP contribution in [-0.4, -0.2) is 37.1 Å². The Morgan fingerprint density at radius 2 is 1.68 bits per heavy atom. The Kier molecular flexibility index (Phi) is 4.63. The maximum atomic E-state index is 6.10. The van der Waals surface area contributed by atoms with Crippen LogP contribution in [0.2, 0.25) is 0 Å². The zero-order chi connectivity index (χ0) is 18.8. The van der Waals surface area contributed by atoms with E-state index >= 15 is 0 Å². The molecule has 2 aliphatic heterocycles. The predicted molar refractivity (Wildman–Crippen MR) is 109 cm³/mol. The van der Waals surface area contributed by atoms with Crippen LogP contribution in [0.25, 0.3) is 10.9 Å². The zero-order valence-electron chi connectivity index (χ0n) is 15.8. The Bertz CT molecular complexity index is 944. The van der Waals surface area contributed by atoms with Crippen LogP contribution in [0, 0.1) is 0 Å². The SMILES string of the molecule is c1ccc(COc2cccc3ccc(N4CCC5(CC4)OCCO5)nc23)cc1. The molecule has 2 aliphatic rings. The lowest BCUT2D eigenvalue weighted by Gasteiger charge is -2.38. The van der Waals surface area contributed by atoms with Gasteiger partial charge in [-0.3, -0.25) is 0 Å². The van der Waals surface area contributed by atoms with Gasteiger partial charge in [-0.15, -0.1) is 0 Å². The molecule has 0 unspecified atom stereocenters. The summed E-state index contributed by atoms with van der Waals surface area (Å²) in [6.07, 6.45) is 1.75. The Morgan fingerprint density at radius 3 is 2.46 bits per heavy atom. The van der Waals surface area contributed by atoms with Gasteiger partial charge in [-0.2, -0.15) is 0 Å². The van der Waals surface area contributed by atoms with Crippen molar-refractivity contribution in [2.24, 2.45) is 0 Å². The Balaban J connectivity index is 1.36. The van der Waals surface area contributed by atoms with Crippen molar-refractivity contribution in [2.75, 3.05) is 31.2 Å². The van der Waals surface area contributed by atoms with E-state index in [0.717, 1.165) is 54.0 Å². The molecule has 2 fully saturated rings. The quantitative estimate of drug-likeness (QED) is 0.684.